The van der Waals surface area contributed by atoms with E-state index in [1.54, 1.807) is 47.4 Å². The van der Waals surface area contributed by atoms with Gasteiger partial charge in [-0.2, -0.15) is 0 Å². The fraction of sp³-hybridized carbons (Fsp3) is 0.419. The number of ketones is 1. The summed E-state index contributed by atoms with van der Waals surface area (Å²) < 4.78 is 28.3. The van der Waals surface area contributed by atoms with Crippen LogP contribution in [0.2, 0.25) is 0 Å². The van der Waals surface area contributed by atoms with Gasteiger partial charge in [-0.1, -0.05) is 18.7 Å². The minimum atomic E-state index is -0.819. The molecule has 3 aliphatic rings. The van der Waals surface area contributed by atoms with Crippen molar-refractivity contribution in [2.24, 2.45) is 0 Å². The number of nitrogens with zero attached hydrogens (tertiary/aromatic N) is 2. The molecule has 1 amide bonds. The highest BCUT2D eigenvalue weighted by Crippen LogP contribution is 2.43. The first-order valence-corrected chi connectivity index (χ1v) is 14.0. The van der Waals surface area contributed by atoms with Crippen LogP contribution in [0.15, 0.2) is 54.6 Å². The van der Waals surface area contributed by atoms with Crippen LogP contribution in [0, 0.1) is 0 Å². The highest BCUT2D eigenvalue weighted by molar-refractivity contribution is 6.46. The molecule has 0 spiro atoms. The highest BCUT2D eigenvalue weighted by atomic mass is 16.6. The Bertz CT molecular complexity index is 1320. The Morgan fingerprint density at radius 2 is 1.78 bits per heavy atom. The van der Waals surface area contributed by atoms with Crippen molar-refractivity contribution in [3.05, 3.63) is 65.8 Å². The van der Waals surface area contributed by atoms with Crippen molar-refractivity contribution in [3.8, 4) is 23.0 Å². The summed E-state index contributed by atoms with van der Waals surface area (Å²) in [6.45, 7) is 11.2. The van der Waals surface area contributed by atoms with E-state index in [4.69, 9.17) is 23.7 Å². The van der Waals surface area contributed by atoms with Crippen molar-refractivity contribution in [3.63, 3.8) is 0 Å². The molecule has 10 heteroatoms. The number of rotatable bonds is 11. The first kappa shape index (κ1) is 28.5. The van der Waals surface area contributed by atoms with E-state index in [1.807, 2.05) is 6.92 Å². The van der Waals surface area contributed by atoms with Crippen molar-refractivity contribution < 1.29 is 38.4 Å². The zero-order chi connectivity index (χ0) is 28.8. The van der Waals surface area contributed by atoms with Gasteiger partial charge in [-0.15, -0.1) is 0 Å². The van der Waals surface area contributed by atoms with Gasteiger partial charge >= 0.3 is 0 Å². The van der Waals surface area contributed by atoms with Crippen molar-refractivity contribution in [2.75, 3.05) is 65.8 Å². The average molecular weight is 565 g/mol. The molecule has 218 valence electrons. The fourth-order valence-electron chi connectivity index (χ4n) is 5.32. The molecule has 0 saturated carbocycles. The number of morpholine rings is 1. The number of Topliss-reactive ketones (excluding diaryl/α,β-unsaturated/α-hetero) is 1. The van der Waals surface area contributed by atoms with Crippen LogP contribution in [0.25, 0.3) is 5.76 Å². The average Bonchev–Trinajstić information content (AvgIpc) is 3.25. The van der Waals surface area contributed by atoms with Crippen LogP contribution in [0.4, 0.5) is 0 Å². The smallest absolute Gasteiger partial charge is 0.295 e. The van der Waals surface area contributed by atoms with E-state index in [-0.39, 0.29) is 11.3 Å². The molecule has 2 aromatic carbocycles. The number of amides is 1. The largest absolute Gasteiger partial charge is 0.507 e. The van der Waals surface area contributed by atoms with E-state index < -0.39 is 17.7 Å². The van der Waals surface area contributed by atoms with Crippen LogP contribution in [-0.4, -0.2) is 92.4 Å². The molecule has 3 aliphatic heterocycles. The summed E-state index contributed by atoms with van der Waals surface area (Å²) in [5.74, 6) is 0.366. The second-order valence-corrected chi connectivity index (χ2v) is 9.90. The summed E-state index contributed by atoms with van der Waals surface area (Å²) >= 11 is 0. The van der Waals surface area contributed by atoms with Gasteiger partial charge in [0, 0.05) is 31.7 Å². The predicted molar refractivity (Wildman–Crippen MR) is 152 cm³/mol. The molecule has 2 fully saturated rings. The molecule has 0 radical (unpaired) electrons. The van der Waals surface area contributed by atoms with E-state index in [2.05, 4.69) is 11.5 Å². The molecule has 1 unspecified atom stereocenters. The van der Waals surface area contributed by atoms with Crippen molar-refractivity contribution in [2.45, 2.75) is 19.4 Å². The first-order valence-electron chi connectivity index (χ1n) is 14.0. The highest BCUT2D eigenvalue weighted by Gasteiger charge is 2.46. The third kappa shape index (κ3) is 6.18. The van der Waals surface area contributed by atoms with Crippen LogP contribution in [0.5, 0.6) is 23.0 Å². The number of carbonyl (C=O) groups excluding carboxylic acids is 2. The maximum absolute atomic E-state index is 13.5. The zero-order valence-electron chi connectivity index (χ0n) is 23.3. The monoisotopic (exact) mass is 564 g/mol. The molecular weight excluding hydrogens is 528 g/mol. The van der Waals surface area contributed by atoms with Gasteiger partial charge in [-0.25, -0.2) is 0 Å². The van der Waals surface area contributed by atoms with Gasteiger partial charge in [0.25, 0.3) is 11.7 Å². The summed E-state index contributed by atoms with van der Waals surface area (Å²) in [5.41, 5.74) is 1.01. The van der Waals surface area contributed by atoms with Crippen LogP contribution >= 0.6 is 0 Å². The van der Waals surface area contributed by atoms with Gasteiger partial charge in [0.1, 0.15) is 25.6 Å². The Morgan fingerprint density at radius 1 is 1.00 bits per heavy atom. The number of hydrogen-bond donors (Lipinski definition) is 1. The lowest BCUT2D eigenvalue weighted by atomic mass is 9.94. The lowest BCUT2D eigenvalue weighted by Crippen LogP contribution is -2.39. The Labute approximate surface area is 239 Å². The molecule has 2 saturated heterocycles. The quantitative estimate of drug-likeness (QED) is 0.190. The molecule has 0 aliphatic carbocycles. The Hall–Kier alpha value is -4.02. The number of fused-ring (bicyclic) bond motifs is 1. The molecule has 1 atom stereocenters. The number of ether oxygens (including phenoxy) is 5. The van der Waals surface area contributed by atoms with Gasteiger partial charge in [0.15, 0.2) is 23.0 Å². The van der Waals surface area contributed by atoms with Crippen molar-refractivity contribution in [1.82, 2.24) is 9.80 Å². The summed E-state index contributed by atoms with van der Waals surface area (Å²) in [7, 11) is 0. The minimum absolute atomic E-state index is 0.0141. The van der Waals surface area contributed by atoms with Crippen LogP contribution < -0.4 is 18.9 Å². The van der Waals surface area contributed by atoms with E-state index in [9.17, 15) is 14.7 Å². The molecular formula is C31H36N2O8. The van der Waals surface area contributed by atoms with E-state index >= 15 is 0 Å². The minimum Gasteiger partial charge on any atom is -0.507 e. The predicted octanol–water partition coefficient (Wildman–Crippen LogP) is 3.57. The molecule has 0 bridgehead atoms. The van der Waals surface area contributed by atoms with Crippen LogP contribution in [-0.2, 0) is 14.3 Å². The van der Waals surface area contributed by atoms with Gasteiger partial charge in [0.2, 0.25) is 0 Å². The normalized spacial score (nSPS) is 20.2. The van der Waals surface area contributed by atoms with Gasteiger partial charge < -0.3 is 33.7 Å². The molecule has 5 rings (SSSR count). The maximum Gasteiger partial charge on any atom is 0.295 e. The SMILES string of the molecule is C=CCOc1ccc(C2/C(=C(\O)c3ccc4c(c3)OCCO4)C(=O)C(=O)N2CCCN2CCOCC2)cc1OCC. The second-order valence-electron chi connectivity index (χ2n) is 9.90. The number of carbonyl (C=O) groups is 2. The van der Waals surface area contributed by atoms with Crippen molar-refractivity contribution in [1.29, 1.82) is 0 Å². The zero-order valence-corrected chi connectivity index (χ0v) is 23.3. The molecule has 10 nitrogen and oxygen atoms in total. The lowest BCUT2D eigenvalue weighted by Gasteiger charge is -2.29. The number of likely N-dealkylation sites (tertiary alicyclic amines) is 1. The Kier molecular flexibility index (Phi) is 9.11. The number of aliphatic hydroxyl groups is 1. The van der Waals surface area contributed by atoms with Gasteiger partial charge in [-0.05, 0) is 49.2 Å². The third-order valence-corrected chi connectivity index (χ3v) is 7.27. The second kappa shape index (κ2) is 13.1. The molecule has 3 heterocycles. The summed E-state index contributed by atoms with van der Waals surface area (Å²) in [5, 5.41) is 11.5. The third-order valence-electron chi connectivity index (χ3n) is 7.27. The van der Waals surface area contributed by atoms with Crippen LogP contribution in [0.1, 0.15) is 30.5 Å². The van der Waals surface area contributed by atoms with E-state index in [1.165, 1.54) is 0 Å². The summed E-state index contributed by atoms with van der Waals surface area (Å²) in [6, 6.07) is 9.47. The molecule has 41 heavy (non-hydrogen) atoms. The van der Waals surface area contributed by atoms with Crippen molar-refractivity contribution >= 4 is 17.4 Å². The molecule has 1 N–H and O–H groups in total. The number of aliphatic hydroxyl groups excluding tert-OH is 1. The number of hydrogen-bond acceptors (Lipinski definition) is 9. The number of benzene rings is 2. The van der Waals surface area contributed by atoms with Gasteiger partial charge in [0.05, 0.1) is 31.4 Å². The van der Waals surface area contributed by atoms with Gasteiger partial charge in [-0.3, -0.25) is 14.5 Å². The molecule has 2 aromatic rings. The molecule has 0 aromatic heterocycles. The topological polar surface area (TPSA) is 107 Å². The standard InChI is InChI=1S/C31H36N2O8/c1-3-14-39-23-8-6-21(19-25(23)38-4-2)28-27(29(34)22-7-9-24-26(20-22)41-18-17-40-24)30(35)31(36)33(28)11-5-10-32-12-15-37-16-13-32/h3,6-9,19-20,28,34H,1,4-5,10-18H2,2H3/b29-27+. The fourth-order valence-corrected chi connectivity index (χ4v) is 5.32. The summed E-state index contributed by atoms with van der Waals surface area (Å²) in [6.07, 6.45) is 2.30. The van der Waals surface area contributed by atoms with E-state index in [0.717, 1.165) is 19.6 Å². The van der Waals surface area contributed by atoms with E-state index in [0.29, 0.717) is 86.7 Å². The Balaban J connectivity index is 1.53. The van der Waals surface area contributed by atoms with Crippen LogP contribution in [0.3, 0.4) is 0 Å². The first-order chi connectivity index (χ1) is 20.0. The lowest BCUT2D eigenvalue weighted by molar-refractivity contribution is -0.140. The Morgan fingerprint density at radius 3 is 2.54 bits per heavy atom. The summed E-state index contributed by atoms with van der Waals surface area (Å²) in [4.78, 5) is 30.8. The maximum atomic E-state index is 13.5.